The van der Waals surface area contributed by atoms with Gasteiger partial charge >= 0.3 is 0 Å². The first-order chi connectivity index (χ1) is 8.08. The van der Waals surface area contributed by atoms with Gasteiger partial charge in [0.05, 0.1) is 6.04 Å². The minimum atomic E-state index is -0.240. The molecule has 1 atom stereocenters. The summed E-state index contributed by atoms with van der Waals surface area (Å²) >= 11 is 0. The van der Waals surface area contributed by atoms with Crippen LogP contribution in [0.3, 0.4) is 0 Å². The van der Waals surface area contributed by atoms with E-state index < -0.39 is 0 Å². The van der Waals surface area contributed by atoms with E-state index in [1.165, 1.54) is 6.07 Å². The molecule has 0 bridgehead atoms. The van der Waals surface area contributed by atoms with Crippen molar-refractivity contribution in [3.05, 3.63) is 64.7 Å². The molecular weight excluding hydrogens is 215 g/mol. The number of rotatable bonds is 2. The van der Waals surface area contributed by atoms with E-state index in [1.54, 1.807) is 25.3 Å². The summed E-state index contributed by atoms with van der Waals surface area (Å²) in [5, 5.41) is 0. The third-order valence-electron chi connectivity index (χ3n) is 2.82. The van der Waals surface area contributed by atoms with E-state index in [-0.39, 0.29) is 11.9 Å². The van der Waals surface area contributed by atoms with E-state index in [9.17, 15) is 4.39 Å². The minimum Gasteiger partial charge on any atom is -0.320 e. The highest BCUT2D eigenvalue weighted by molar-refractivity contribution is 5.34. The molecule has 0 amide bonds. The summed E-state index contributed by atoms with van der Waals surface area (Å²) in [6, 6.07) is 8.56. The number of aryl methyl sites for hydroxylation is 2. The Balaban J connectivity index is 2.36. The van der Waals surface area contributed by atoms with Crippen molar-refractivity contribution in [2.75, 3.05) is 0 Å². The number of hydrogen-bond donors (Lipinski definition) is 1. The van der Waals surface area contributed by atoms with Crippen LogP contribution in [0.5, 0.6) is 0 Å². The van der Waals surface area contributed by atoms with Crippen LogP contribution in [0.1, 0.15) is 28.4 Å². The topological polar surface area (TPSA) is 38.9 Å². The largest absolute Gasteiger partial charge is 0.320 e. The van der Waals surface area contributed by atoms with Crippen molar-refractivity contribution in [1.82, 2.24) is 4.98 Å². The molecule has 2 nitrogen and oxygen atoms in total. The molecule has 88 valence electrons. The van der Waals surface area contributed by atoms with E-state index in [1.807, 2.05) is 19.1 Å². The Morgan fingerprint density at radius 2 is 1.82 bits per heavy atom. The van der Waals surface area contributed by atoms with Crippen LogP contribution in [0.15, 0.2) is 36.5 Å². The molecule has 0 saturated carbocycles. The van der Waals surface area contributed by atoms with Gasteiger partial charge in [-0.1, -0.05) is 12.1 Å². The number of nitrogens with two attached hydrogens (primary N) is 1. The van der Waals surface area contributed by atoms with Crippen molar-refractivity contribution in [3.63, 3.8) is 0 Å². The van der Waals surface area contributed by atoms with Crippen LogP contribution < -0.4 is 5.73 Å². The van der Waals surface area contributed by atoms with Crippen molar-refractivity contribution >= 4 is 0 Å². The molecule has 1 unspecified atom stereocenters. The Morgan fingerprint density at radius 3 is 2.47 bits per heavy atom. The van der Waals surface area contributed by atoms with Gasteiger partial charge < -0.3 is 5.73 Å². The van der Waals surface area contributed by atoms with E-state index in [0.29, 0.717) is 5.56 Å². The molecule has 0 aliphatic carbocycles. The van der Waals surface area contributed by atoms with Gasteiger partial charge in [-0.3, -0.25) is 4.98 Å². The summed E-state index contributed by atoms with van der Waals surface area (Å²) < 4.78 is 13.2. The molecule has 0 aliphatic heterocycles. The molecule has 17 heavy (non-hydrogen) atoms. The lowest BCUT2D eigenvalue weighted by Crippen LogP contribution is -2.12. The molecule has 2 N–H and O–H groups in total. The van der Waals surface area contributed by atoms with Gasteiger partial charge in [-0.2, -0.15) is 0 Å². The number of halogens is 1. The van der Waals surface area contributed by atoms with E-state index >= 15 is 0 Å². The molecule has 0 fully saturated rings. The summed E-state index contributed by atoms with van der Waals surface area (Å²) in [6.07, 6.45) is 1.74. The second-order valence-electron chi connectivity index (χ2n) is 4.22. The first kappa shape index (κ1) is 11.7. The first-order valence-corrected chi connectivity index (χ1v) is 5.52. The third-order valence-corrected chi connectivity index (χ3v) is 2.82. The minimum absolute atomic E-state index is 0.202. The molecule has 3 heteroatoms. The molecule has 0 saturated heterocycles. The van der Waals surface area contributed by atoms with Crippen LogP contribution in [0.25, 0.3) is 0 Å². The fraction of sp³-hybridized carbons (Fsp3) is 0.214. The molecule has 2 rings (SSSR count). The molecule has 1 aromatic carbocycles. The Labute approximate surface area is 100 Å². The predicted molar refractivity (Wildman–Crippen MR) is 66.1 cm³/mol. The highest BCUT2D eigenvalue weighted by Gasteiger charge is 2.10. The second-order valence-corrected chi connectivity index (χ2v) is 4.22. The zero-order chi connectivity index (χ0) is 12.4. The fourth-order valence-corrected chi connectivity index (χ4v) is 1.81. The normalized spacial score (nSPS) is 12.5. The van der Waals surface area contributed by atoms with Crippen LogP contribution in [0, 0.1) is 19.7 Å². The lowest BCUT2D eigenvalue weighted by Gasteiger charge is -2.13. The highest BCUT2D eigenvalue weighted by atomic mass is 19.1. The average molecular weight is 230 g/mol. The summed E-state index contributed by atoms with van der Waals surface area (Å²) in [6.45, 7) is 3.66. The zero-order valence-electron chi connectivity index (χ0n) is 9.94. The quantitative estimate of drug-likeness (QED) is 0.861. The first-order valence-electron chi connectivity index (χ1n) is 5.52. The molecule has 1 heterocycles. The lowest BCUT2D eigenvalue weighted by molar-refractivity contribution is 0.617. The maximum absolute atomic E-state index is 13.2. The highest BCUT2D eigenvalue weighted by Crippen LogP contribution is 2.21. The molecule has 1 aromatic heterocycles. The Bertz CT molecular complexity index is 537. The Kier molecular flexibility index (Phi) is 3.20. The van der Waals surface area contributed by atoms with Crippen LogP contribution in [-0.2, 0) is 0 Å². The van der Waals surface area contributed by atoms with Gasteiger partial charge in [0, 0.05) is 11.9 Å². The maximum Gasteiger partial charge on any atom is 0.126 e. The van der Waals surface area contributed by atoms with Gasteiger partial charge in [0.25, 0.3) is 0 Å². The van der Waals surface area contributed by atoms with E-state index in [2.05, 4.69) is 4.98 Å². The van der Waals surface area contributed by atoms with Crippen LogP contribution in [0.4, 0.5) is 4.39 Å². The molecule has 0 spiro atoms. The summed E-state index contributed by atoms with van der Waals surface area (Å²) in [4.78, 5) is 4.13. The summed E-state index contributed by atoms with van der Waals surface area (Å²) in [5.41, 5.74) is 9.60. The van der Waals surface area contributed by atoms with Crippen LogP contribution in [-0.4, -0.2) is 4.98 Å². The number of benzene rings is 1. The Hall–Kier alpha value is -1.74. The van der Waals surface area contributed by atoms with Crippen LogP contribution in [0.2, 0.25) is 0 Å². The molecule has 0 radical (unpaired) electrons. The van der Waals surface area contributed by atoms with Crippen molar-refractivity contribution in [1.29, 1.82) is 0 Å². The van der Waals surface area contributed by atoms with Crippen molar-refractivity contribution in [3.8, 4) is 0 Å². The predicted octanol–water partition coefficient (Wildman–Crippen LogP) is 2.89. The van der Waals surface area contributed by atoms with Gasteiger partial charge in [0.2, 0.25) is 0 Å². The molecule has 2 aromatic rings. The number of pyridine rings is 1. The fourth-order valence-electron chi connectivity index (χ4n) is 1.81. The number of nitrogens with zero attached hydrogens (tertiary/aromatic N) is 1. The van der Waals surface area contributed by atoms with Crippen molar-refractivity contribution < 1.29 is 4.39 Å². The van der Waals surface area contributed by atoms with Crippen LogP contribution >= 0.6 is 0 Å². The van der Waals surface area contributed by atoms with Crippen molar-refractivity contribution in [2.45, 2.75) is 19.9 Å². The van der Waals surface area contributed by atoms with E-state index in [4.69, 9.17) is 5.73 Å². The van der Waals surface area contributed by atoms with E-state index in [0.717, 1.165) is 16.8 Å². The van der Waals surface area contributed by atoms with Gasteiger partial charge in [-0.05, 0) is 48.7 Å². The SMILES string of the molecule is Cc1cc(C(N)c2ccc(F)c(C)c2)ccn1. The zero-order valence-corrected chi connectivity index (χ0v) is 9.94. The van der Waals surface area contributed by atoms with Gasteiger partial charge in [-0.15, -0.1) is 0 Å². The second kappa shape index (κ2) is 4.63. The summed E-state index contributed by atoms with van der Waals surface area (Å²) in [5.74, 6) is -0.202. The maximum atomic E-state index is 13.2. The number of aromatic nitrogens is 1. The molecule has 0 aliphatic rings. The van der Waals surface area contributed by atoms with Gasteiger partial charge in [-0.25, -0.2) is 4.39 Å². The van der Waals surface area contributed by atoms with Crippen molar-refractivity contribution in [2.24, 2.45) is 5.73 Å². The van der Waals surface area contributed by atoms with Gasteiger partial charge in [0.1, 0.15) is 5.82 Å². The average Bonchev–Trinajstić information content (AvgIpc) is 2.32. The molecular formula is C14H15FN2. The standard InChI is InChI=1S/C14H15FN2/c1-9-7-11(3-4-13(9)15)14(16)12-5-6-17-10(2)8-12/h3-8,14H,16H2,1-2H3. The third kappa shape index (κ3) is 2.50. The van der Waals surface area contributed by atoms with Gasteiger partial charge in [0.15, 0.2) is 0 Å². The monoisotopic (exact) mass is 230 g/mol. The number of hydrogen-bond acceptors (Lipinski definition) is 2. The smallest absolute Gasteiger partial charge is 0.126 e. The summed E-state index contributed by atoms with van der Waals surface area (Å²) in [7, 11) is 0. The Morgan fingerprint density at radius 1 is 1.12 bits per heavy atom. The lowest BCUT2D eigenvalue weighted by atomic mass is 9.98.